The van der Waals surface area contributed by atoms with E-state index in [0.29, 0.717) is 10.0 Å². The lowest BCUT2D eigenvalue weighted by atomic mass is 10.1. The predicted molar refractivity (Wildman–Crippen MR) is 52.6 cm³/mol. The monoisotopic (exact) mass is 199 g/mol. The quantitative estimate of drug-likeness (QED) is 0.677. The molecule has 63 valence electrons. The highest BCUT2D eigenvalue weighted by Gasteiger charge is 2.21. The molecular weight excluding hydrogens is 191 g/mol. The summed E-state index contributed by atoms with van der Waals surface area (Å²) in [5, 5.41) is 1.27. The maximum absolute atomic E-state index is 5.87. The van der Waals surface area contributed by atoms with Crippen molar-refractivity contribution < 1.29 is 0 Å². The van der Waals surface area contributed by atoms with Crippen LogP contribution >= 0.6 is 23.2 Å². The zero-order valence-electron chi connectivity index (χ0n) is 6.56. The molecule has 0 amide bonds. The summed E-state index contributed by atoms with van der Waals surface area (Å²) in [6.45, 7) is 0. The second kappa shape index (κ2) is 3.27. The van der Waals surface area contributed by atoms with Crippen LogP contribution in [-0.4, -0.2) is 0 Å². The molecule has 1 fully saturated rings. The van der Waals surface area contributed by atoms with Gasteiger partial charge in [0.25, 0.3) is 0 Å². The van der Waals surface area contributed by atoms with Crippen molar-refractivity contribution in [2.45, 2.75) is 12.8 Å². The Bertz CT molecular complexity index is 290. The van der Waals surface area contributed by atoms with Crippen molar-refractivity contribution in [3.8, 4) is 0 Å². The van der Waals surface area contributed by atoms with E-state index in [4.69, 9.17) is 23.2 Å². The molecule has 12 heavy (non-hydrogen) atoms. The minimum absolute atomic E-state index is 0.629. The van der Waals surface area contributed by atoms with Gasteiger partial charge in [0.1, 0.15) is 0 Å². The summed E-state index contributed by atoms with van der Waals surface area (Å²) in [6, 6.07) is 5.77. The average Bonchev–Trinajstić information content (AvgIpc) is 2.81. The van der Waals surface area contributed by atoms with Crippen molar-refractivity contribution in [2.24, 2.45) is 5.92 Å². The Labute approximate surface area is 82.5 Å². The lowest BCUT2D eigenvalue weighted by Crippen LogP contribution is -1.83. The molecule has 1 aromatic rings. The highest BCUT2D eigenvalue weighted by Crippen LogP contribution is 2.35. The topological polar surface area (TPSA) is 0 Å². The Kier molecular flexibility index (Phi) is 2.29. The molecule has 0 nitrogen and oxygen atoms in total. The van der Waals surface area contributed by atoms with E-state index in [0.717, 1.165) is 5.92 Å². The first kappa shape index (κ1) is 8.40. The third-order valence-electron chi connectivity index (χ3n) is 1.99. The Morgan fingerprint density at radius 1 is 1.17 bits per heavy atom. The van der Waals surface area contributed by atoms with Gasteiger partial charge in [-0.15, -0.1) is 0 Å². The van der Waals surface area contributed by atoms with Crippen LogP contribution in [-0.2, 0) is 0 Å². The molecule has 1 radical (unpaired) electrons. The number of hydrogen-bond donors (Lipinski definition) is 0. The molecule has 2 heteroatoms. The fourth-order valence-corrected chi connectivity index (χ4v) is 1.46. The van der Waals surface area contributed by atoms with Gasteiger partial charge in [0.2, 0.25) is 0 Å². The molecule has 0 aliphatic heterocycles. The van der Waals surface area contributed by atoms with Gasteiger partial charge < -0.3 is 0 Å². The Morgan fingerprint density at radius 2 is 1.92 bits per heavy atom. The highest BCUT2D eigenvalue weighted by molar-refractivity contribution is 6.42. The molecule has 2 rings (SSSR count). The van der Waals surface area contributed by atoms with Crippen LogP contribution in [0.5, 0.6) is 0 Å². The molecule has 1 aliphatic rings. The van der Waals surface area contributed by atoms with Crippen LogP contribution in [0.25, 0.3) is 0 Å². The van der Waals surface area contributed by atoms with Gasteiger partial charge in [0, 0.05) is 0 Å². The Morgan fingerprint density at radius 3 is 2.50 bits per heavy atom. The van der Waals surface area contributed by atoms with Gasteiger partial charge in [0.15, 0.2) is 0 Å². The van der Waals surface area contributed by atoms with Crippen molar-refractivity contribution in [1.29, 1.82) is 0 Å². The summed E-state index contributed by atoms with van der Waals surface area (Å²) in [7, 11) is 0. The van der Waals surface area contributed by atoms with Crippen molar-refractivity contribution in [1.82, 2.24) is 0 Å². The summed E-state index contributed by atoms with van der Waals surface area (Å²) in [5.41, 5.74) is 1.19. The van der Waals surface area contributed by atoms with Crippen LogP contribution in [0, 0.1) is 12.3 Å². The first-order valence-corrected chi connectivity index (χ1v) is 4.81. The van der Waals surface area contributed by atoms with Gasteiger partial charge in [-0.2, -0.15) is 0 Å². The molecule has 0 unspecified atom stereocenters. The van der Waals surface area contributed by atoms with Crippen molar-refractivity contribution in [3.05, 3.63) is 40.2 Å². The molecule has 1 aliphatic carbocycles. The van der Waals surface area contributed by atoms with Crippen molar-refractivity contribution in [3.63, 3.8) is 0 Å². The smallest absolute Gasteiger partial charge is 0.0595 e. The second-order valence-corrected chi connectivity index (χ2v) is 3.99. The summed E-state index contributed by atoms with van der Waals surface area (Å²) in [6.07, 6.45) is 4.89. The molecular formula is C10H9Cl2. The number of halogens is 2. The van der Waals surface area contributed by atoms with Crippen LogP contribution in [0.2, 0.25) is 10.0 Å². The zero-order valence-corrected chi connectivity index (χ0v) is 8.07. The van der Waals surface area contributed by atoms with Crippen LogP contribution in [0.15, 0.2) is 18.2 Å². The summed E-state index contributed by atoms with van der Waals surface area (Å²) < 4.78 is 0. The molecule has 0 N–H and O–H groups in total. The minimum Gasteiger partial charge on any atom is -0.0827 e. The first-order valence-electron chi connectivity index (χ1n) is 4.05. The van der Waals surface area contributed by atoms with E-state index in [-0.39, 0.29) is 0 Å². The maximum Gasteiger partial charge on any atom is 0.0595 e. The van der Waals surface area contributed by atoms with Gasteiger partial charge >= 0.3 is 0 Å². The van der Waals surface area contributed by atoms with E-state index in [2.05, 4.69) is 6.42 Å². The molecule has 1 saturated carbocycles. The number of rotatable bonds is 2. The van der Waals surface area contributed by atoms with Gasteiger partial charge in [-0.3, -0.25) is 0 Å². The highest BCUT2D eigenvalue weighted by atomic mass is 35.5. The van der Waals surface area contributed by atoms with E-state index in [9.17, 15) is 0 Å². The molecule has 1 aromatic carbocycles. The summed E-state index contributed by atoms with van der Waals surface area (Å²) >= 11 is 11.7. The SMILES string of the molecule is Clc1ccc([CH]C2CC2)cc1Cl. The van der Waals surface area contributed by atoms with Gasteiger partial charge in [-0.25, -0.2) is 0 Å². The molecule has 0 atom stereocenters. The van der Waals surface area contributed by atoms with Gasteiger partial charge in [0.05, 0.1) is 10.0 Å². The third-order valence-corrected chi connectivity index (χ3v) is 2.73. The van der Waals surface area contributed by atoms with Gasteiger partial charge in [-0.05, 0) is 42.9 Å². The lowest BCUT2D eigenvalue weighted by molar-refractivity contribution is 1.03. The van der Waals surface area contributed by atoms with E-state index >= 15 is 0 Å². The average molecular weight is 200 g/mol. The van der Waals surface area contributed by atoms with E-state index in [1.165, 1.54) is 18.4 Å². The van der Waals surface area contributed by atoms with E-state index < -0.39 is 0 Å². The van der Waals surface area contributed by atoms with Crippen molar-refractivity contribution >= 4 is 23.2 Å². The summed E-state index contributed by atoms with van der Waals surface area (Å²) in [4.78, 5) is 0. The molecule has 0 saturated heterocycles. The fraction of sp³-hybridized carbons (Fsp3) is 0.300. The second-order valence-electron chi connectivity index (χ2n) is 3.18. The predicted octanol–water partition coefficient (Wildman–Crippen LogP) is 3.96. The van der Waals surface area contributed by atoms with Gasteiger partial charge in [-0.1, -0.05) is 29.3 Å². The summed E-state index contributed by atoms with van der Waals surface area (Å²) in [5.74, 6) is 0.780. The Balaban J connectivity index is 2.15. The molecule has 0 aromatic heterocycles. The third kappa shape index (κ3) is 1.94. The van der Waals surface area contributed by atoms with Crippen LogP contribution in [0.1, 0.15) is 18.4 Å². The van der Waals surface area contributed by atoms with E-state index in [1.54, 1.807) is 0 Å². The lowest BCUT2D eigenvalue weighted by Gasteiger charge is -2.00. The first-order chi connectivity index (χ1) is 5.75. The standard InChI is InChI=1S/C10H9Cl2/c11-9-4-3-8(6-10(9)12)5-7-1-2-7/h3-7H,1-2H2. The van der Waals surface area contributed by atoms with Crippen LogP contribution in [0.3, 0.4) is 0 Å². The molecule has 0 heterocycles. The fourth-order valence-electron chi connectivity index (χ4n) is 1.15. The molecule has 0 bridgehead atoms. The number of hydrogen-bond acceptors (Lipinski definition) is 0. The largest absolute Gasteiger partial charge is 0.0827 e. The Hall–Kier alpha value is -0.200. The van der Waals surface area contributed by atoms with Crippen LogP contribution < -0.4 is 0 Å². The van der Waals surface area contributed by atoms with Crippen molar-refractivity contribution in [2.75, 3.05) is 0 Å². The zero-order chi connectivity index (χ0) is 8.55. The maximum atomic E-state index is 5.87. The number of benzene rings is 1. The minimum atomic E-state index is 0.629. The normalized spacial score (nSPS) is 16.5. The van der Waals surface area contributed by atoms with E-state index in [1.807, 2.05) is 18.2 Å². The molecule has 0 spiro atoms. The van der Waals surface area contributed by atoms with Crippen LogP contribution in [0.4, 0.5) is 0 Å².